The Balaban J connectivity index is 1.11. The Labute approximate surface area is 327 Å². The molecule has 5 nitrogen and oxygen atoms in total. The molecule has 0 amide bonds. The molecule has 0 atom stereocenters. The van der Waals surface area contributed by atoms with Gasteiger partial charge in [-0.25, -0.2) is 0 Å². The van der Waals surface area contributed by atoms with Gasteiger partial charge in [-0.05, 0) is 112 Å². The second kappa shape index (κ2) is 12.4. The van der Waals surface area contributed by atoms with E-state index in [0.29, 0.717) is 0 Å². The number of nitrogens with zero attached hydrogens (tertiary/aromatic N) is 4. The minimum absolute atomic E-state index is 0.838. The molecular weight excluding hydrogens is 697 g/mol. The fourth-order valence-electron chi connectivity index (χ4n) is 8.88. The number of rotatable bonds is 5. The normalized spacial score (nSPS) is 11.9. The number of pyridine rings is 2. The van der Waals surface area contributed by atoms with Crippen LogP contribution in [0.4, 0.5) is 0 Å². The molecule has 0 aliphatic rings. The Hall–Kier alpha value is -7.76. The number of hydrogen-bond donors (Lipinski definition) is 0. The van der Waals surface area contributed by atoms with E-state index in [2.05, 4.69) is 173 Å². The average Bonchev–Trinajstić information content (AvgIpc) is 3.94. The number of hydrogen-bond acceptors (Lipinski definition) is 3. The molecule has 0 saturated carbocycles. The average molecular weight is 729 g/mol. The van der Waals surface area contributed by atoms with Crippen LogP contribution in [0.5, 0.6) is 0 Å². The quantitative estimate of drug-likeness (QED) is 0.177. The van der Waals surface area contributed by atoms with Gasteiger partial charge >= 0.3 is 0 Å². The van der Waals surface area contributed by atoms with E-state index in [1.54, 1.807) is 0 Å². The van der Waals surface area contributed by atoms with Crippen LogP contribution in [0.3, 0.4) is 0 Å². The highest BCUT2D eigenvalue weighted by Gasteiger charge is 2.22. The van der Waals surface area contributed by atoms with E-state index < -0.39 is 0 Å². The van der Waals surface area contributed by atoms with E-state index in [-0.39, 0.29) is 0 Å². The van der Waals surface area contributed by atoms with Gasteiger partial charge in [0.05, 0.1) is 38.8 Å². The van der Waals surface area contributed by atoms with Crippen LogP contribution in [0.1, 0.15) is 0 Å². The van der Waals surface area contributed by atoms with Gasteiger partial charge in [-0.15, -0.1) is 0 Å². The zero-order valence-corrected chi connectivity index (χ0v) is 30.7. The first-order valence-electron chi connectivity index (χ1n) is 19.2. The van der Waals surface area contributed by atoms with Gasteiger partial charge in [0.1, 0.15) is 5.58 Å². The van der Waals surface area contributed by atoms with Crippen LogP contribution in [0, 0.1) is 0 Å². The van der Waals surface area contributed by atoms with Crippen molar-refractivity contribution >= 4 is 65.8 Å². The number of para-hydroxylation sites is 2. The van der Waals surface area contributed by atoms with Crippen molar-refractivity contribution in [3.8, 4) is 44.8 Å². The molecule has 0 aliphatic carbocycles. The van der Waals surface area contributed by atoms with E-state index in [4.69, 9.17) is 14.4 Å². The van der Waals surface area contributed by atoms with Gasteiger partial charge < -0.3 is 13.6 Å². The summed E-state index contributed by atoms with van der Waals surface area (Å²) in [4.78, 5) is 9.91. The van der Waals surface area contributed by atoms with Crippen molar-refractivity contribution in [2.24, 2.45) is 0 Å². The Morgan fingerprint density at radius 2 is 0.947 bits per heavy atom. The summed E-state index contributed by atoms with van der Waals surface area (Å²) in [5.41, 5.74) is 16.9. The molecule has 12 rings (SSSR count). The summed E-state index contributed by atoms with van der Waals surface area (Å²) in [6.45, 7) is 0. The summed E-state index contributed by atoms with van der Waals surface area (Å²) in [7, 11) is 0. The molecule has 57 heavy (non-hydrogen) atoms. The Kier molecular flexibility index (Phi) is 6.86. The summed E-state index contributed by atoms with van der Waals surface area (Å²) in [6, 6.07) is 64.5. The lowest BCUT2D eigenvalue weighted by Gasteiger charge is -2.13. The van der Waals surface area contributed by atoms with E-state index in [9.17, 15) is 0 Å². The van der Waals surface area contributed by atoms with Gasteiger partial charge in [-0.2, -0.15) is 0 Å². The first-order valence-corrected chi connectivity index (χ1v) is 19.2. The number of furan rings is 1. The molecule has 0 spiro atoms. The highest BCUT2D eigenvalue weighted by molar-refractivity contribution is 6.14. The Morgan fingerprint density at radius 3 is 1.70 bits per heavy atom. The van der Waals surface area contributed by atoms with Gasteiger partial charge in [0.2, 0.25) is 0 Å². The lowest BCUT2D eigenvalue weighted by atomic mass is 9.94. The molecule has 0 aliphatic heterocycles. The Morgan fingerprint density at radius 1 is 0.368 bits per heavy atom. The molecule has 5 heterocycles. The van der Waals surface area contributed by atoms with Crippen molar-refractivity contribution in [2.75, 3.05) is 0 Å². The lowest BCUT2D eigenvalue weighted by Crippen LogP contribution is -1.96. The third-order valence-corrected chi connectivity index (χ3v) is 11.4. The van der Waals surface area contributed by atoms with Crippen LogP contribution in [-0.4, -0.2) is 19.1 Å². The van der Waals surface area contributed by atoms with Gasteiger partial charge in [-0.1, -0.05) is 103 Å². The van der Waals surface area contributed by atoms with Crippen molar-refractivity contribution in [1.82, 2.24) is 19.1 Å². The van der Waals surface area contributed by atoms with Crippen LogP contribution >= 0.6 is 0 Å². The zero-order valence-electron chi connectivity index (χ0n) is 30.7. The zero-order chi connectivity index (χ0) is 37.5. The summed E-state index contributed by atoms with van der Waals surface area (Å²) in [5.74, 6) is 0. The highest BCUT2D eigenvalue weighted by atomic mass is 16.3. The fourth-order valence-corrected chi connectivity index (χ4v) is 8.88. The summed E-state index contributed by atoms with van der Waals surface area (Å²) < 4.78 is 11.4. The van der Waals surface area contributed by atoms with E-state index >= 15 is 0 Å². The second-order valence-electron chi connectivity index (χ2n) is 14.6. The molecular formula is C52H32N4O. The van der Waals surface area contributed by atoms with Crippen LogP contribution < -0.4 is 0 Å². The van der Waals surface area contributed by atoms with Gasteiger partial charge in [0, 0.05) is 39.6 Å². The monoisotopic (exact) mass is 728 g/mol. The van der Waals surface area contributed by atoms with Gasteiger partial charge in [-0.3, -0.25) is 9.97 Å². The van der Waals surface area contributed by atoms with E-state index in [0.717, 1.165) is 93.9 Å². The predicted octanol–water partition coefficient (Wildman–Crippen LogP) is 13.6. The largest absolute Gasteiger partial charge is 0.454 e. The first-order chi connectivity index (χ1) is 28.3. The van der Waals surface area contributed by atoms with Crippen LogP contribution in [0.25, 0.3) is 111 Å². The minimum Gasteiger partial charge on any atom is -0.454 e. The van der Waals surface area contributed by atoms with Crippen molar-refractivity contribution in [1.29, 1.82) is 0 Å². The SMILES string of the molecule is c1ccc(-c2ccccc2-c2ccc3c(c2)c2ncccc2n3-c2cc(-c3ccc4c(c3)c3ncccc3n4-c3ccccc3)cc3c2oc2ccccc23)cc1. The van der Waals surface area contributed by atoms with E-state index in [1.165, 1.54) is 16.7 Å². The summed E-state index contributed by atoms with van der Waals surface area (Å²) in [5, 5.41) is 4.34. The minimum atomic E-state index is 0.838. The van der Waals surface area contributed by atoms with Crippen LogP contribution in [0.15, 0.2) is 199 Å². The number of fused-ring (bicyclic) bond motifs is 9. The Bertz CT molecular complexity index is 3520. The molecule has 0 fully saturated rings. The van der Waals surface area contributed by atoms with Gasteiger partial charge in [0.25, 0.3) is 0 Å². The van der Waals surface area contributed by atoms with Crippen molar-refractivity contribution in [3.05, 3.63) is 194 Å². The standard InChI is InChI=1S/C52H32N4O/c1-3-13-33(14-4-1)38-17-7-8-18-39(38)35-24-26-45-43(30-35)51-47(21-12-28-54-51)56(45)48-32-36(31-41-40-19-9-10-22-49(40)57-52(41)48)34-23-25-44-42(29-34)50-46(20-11-27-53-50)55(44)37-15-5-2-6-16-37/h1-32H. The van der Waals surface area contributed by atoms with Crippen molar-refractivity contribution in [3.63, 3.8) is 0 Å². The number of benzene rings is 7. The van der Waals surface area contributed by atoms with Crippen molar-refractivity contribution < 1.29 is 4.42 Å². The molecule has 7 aromatic carbocycles. The molecule has 0 bridgehead atoms. The summed E-state index contributed by atoms with van der Waals surface area (Å²) in [6.07, 6.45) is 3.77. The first kappa shape index (κ1) is 31.6. The maximum absolute atomic E-state index is 6.78. The van der Waals surface area contributed by atoms with Crippen molar-refractivity contribution in [2.45, 2.75) is 0 Å². The van der Waals surface area contributed by atoms with Crippen LogP contribution in [-0.2, 0) is 0 Å². The summed E-state index contributed by atoms with van der Waals surface area (Å²) >= 11 is 0. The predicted molar refractivity (Wildman–Crippen MR) is 234 cm³/mol. The molecule has 0 unspecified atom stereocenters. The van der Waals surface area contributed by atoms with E-state index in [1.807, 2.05) is 30.6 Å². The maximum atomic E-state index is 6.78. The molecule has 5 aromatic heterocycles. The molecule has 5 heteroatoms. The third kappa shape index (κ3) is 4.82. The fraction of sp³-hybridized carbons (Fsp3) is 0. The van der Waals surface area contributed by atoms with Gasteiger partial charge in [0.15, 0.2) is 5.58 Å². The van der Waals surface area contributed by atoms with Crippen LogP contribution in [0.2, 0.25) is 0 Å². The molecule has 0 radical (unpaired) electrons. The molecule has 266 valence electrons. The second-order valence-corrected chi connectivity index (χ2v) is 14.6. The highest BCUT2D eigenvalue weighted by Crippen LogP contribution is 2.43. The number of aromatic nitrogens is 4. The maximum Gasteiger partial charge on any atom is 0.159 e. The molecule has 0 N–H and O–H groups in total. The molecule has 12 aromatic rings. The topological polar surface area (TPSA) is 48.8 Å². The smallest absolute Gasteiger partial charge is 0.159 e. The molecule has 0 saturated heterocycles. The lowest BCUT2D eigenvalue weighted by molar-refractivity contribution is 0.666. The third-order valence-electron chi connectivity index (χ3n) is 11.4.